The van der Waals surface area contributed by atoms with Crippen LogP contribution < -0.4 is 5.32 Å². The van der Waals surface area contributed by atoms with E-state index in [0.717, 1.165) is 22.2 Å². The number of nitrogens with one attached hydrogen (secondary N) is 2. The number of hydrogen-bond acceptors (Lipinski definition) is 2. The second kappa shape index (κ2) is 8.32. The van der Waals surface area contributed by atoms with Crippen LogP contribution in [0, 0.1) is 11.8 Å². The first kappa shape index (κ1) is 17.7. The van der Waals surface area contributed by atoms with Crippen molar-refractivity contribution in [3.63, 3.8) is 0 Å². The Morgan fingerprint density at radius 3 is 2.61 bits per heavy atom. The highest BCUT2D eigenvalue weighted by atomic mass is 16.5. The third kappa shape index (κ3) is 4.16. The highest BCUT2D eigenvalue weighted by Gasteiger charge is 2.03. The molecule has 0 saturated carbocycles. The van der Waals surface area contributed by atoms with Gasteiger partial charge in [0.15, 0.2) is 0 Å². The highest BCUT2D eigenvalue weighted by Crippen LogP contribution is 2.25. The van der Waals surface area contributed by atoms with Crippen LogP contribution in [0.5, 0.6) is 0 Å². The Hall–Kier alpha value is -3.71. The first-order valence-electron chi connectivity index (χ1n) is 9.23. The summed E-state index contributed by atoms with van der Waals surface area (Å²) in [5.41, 5.74) is 4.12. The molecule has 4 heteroatoms. The van der Waals surface area contributed by atoms with Gasteiger partial charge in [-0.15, -0.1) is 0 Å². The number of rotatable bonds is 4. The fourth-order valence-corrected chi connectivity index (χ4v) is 3.10. The number of fused-ring (bicyclic) bond motifs is 3. The van der Waals surface area contributed by atoms with Crippen LogP contribution in [0.1, 0.15) is 17.5 Å². The van der Waals surface area contributed by atoms with Crippen LogP contribution in [0.25, 0.3) is 21.8 Å². The average Bonchev–Trinajstić information content (AvgIpc) is 3.10. The van der Waals surface area contributed by atoms with E-state index in [4.69, 9.17) is 4.74 Å². The fraction of sp³-hybridized carbons (Fsp3) is 0.125. The van der Waals surface area contributed by atoms with E-state index in [1.807, 2.05) is 48.5 Å². The number of H-pyrrole nitrogens is 1. The van der Waals surface area contributed by atoms with E-state index >= 15 is 0 Å². The van der Waals surface area contributed by atoms with Gasteiger partial charge in [-0.2, -0.15) is 0 Å². The van der Waals surface area contributed by atoms with Crippen LogP contribution in [-0.2, 0) is 11.3 Å². The van der Waals surface area contributed by atoms with Crippen molar-refractivity contribution in [1.29, 1.82) is 0 Å². The minimum atomic E-state index is -0.426. The first-order valence-corrected chi connectivity index (χ1v) is 9.23. The summed E-state index contributed by atoms with van der Waals surface area (Å²) >= 11 is 0. The number of para-hydroxylation sites is 1. The SMILES string of the molecule is O=C(NCCC#Cc1ccc2c(c1)[nH]c1ccccc12)OCc1ccccc1. The predicted molar refractivity (Wildman–Crippen MR) is 112 cm³/mol. The maximum atomic E-state index is 11.7. The van der Waals surface area contributed by atoms with Gasteiger partial charge in [-0.3, -0.25) is 0 Å². The van der Waals surface area contributed by atoms with Gasteiger partial charge >= 0.3 is 6.09 Å². The Labute approximate surface area is 163 Å². The molecule has 2 N–H and O–H groups in total. The van der Waals surface area contributed by atoms with Crippen LogP contribution in [-0.4, -0.2) is 17.6 Å². The standard InChI is InChI=1S/C24H20N2O2/c27-24(28-17-19-9-2-1-3-10-19)25-15-7-6-8-18-13-14-21-20-11-4-5-12-22(20)26-23(21)16-18/h1-5,9-14,16,26H,7,15,17H2,(H,25,27). The summed E-state index contributed by atoms with van der Waals surface area (Å²) in [4.78, 5) is 15.1. The van der Waals surface area contributed by atoms with Gasteiger partial charge in [0.05, 0.1) is 0 Å². The minimum Gasteiger partial charge on any atom is -0.445 e. The molecule has 1 heterocycles. The maximum absolute atomic E-state index is 11.7. The number of benzene rings is 3. The summed E-state index contributed by atoms with van der Waals surface area (Å²) in [6.07, 6.45) is 0.135. The molecule has 0 aliphatic heterocycles. The van der Waals surface area contributed by atoms with Gasteiger partial charge in [0.25, 0.3) is 0 Å². The molecule has 0 atom stereocenters. The lowest BCUT2D eigenvalue weighted by atomic mass is 10.1. The fourth-order valence-electron chi connectivity index (χ4n) is 3.10. The zero-order valence-corrected chi connectivity index (χ0v) is 15.4. The van der Waals surface area contributed by atoms with Gasteiger partial charge in [0.2, 0.25) is 0 Å². The zero-order valence-electron chi connectivity index (χ0n) is 15.4. The lowest BCUT2D eigenvalue weighted by molar-refractivity contribution is 0.140. The number of alkyl carbamates (subject to hydrolysis) is 1. The summed E-state index contributed by atoms with van der Waals surface area (Å²) < 4.78 is 5.17. The first-order chi connectivity index (χ1) is 13.8. The molecule has 1 amide bonds. The van der Waals surface area contributed by atoms with Gasteiger partial charge in [0.1, 0.15) is 6.61 Å². The number of aromatic amines is 1. The van der Waals surface area contributed by atoms with Crippen molar-refractivity contribution in [3.05, 3.63) is 83.9 Å². The molecule has 1 aromatic heterocycles. The van der Waals surface area contributed by atoms with E-state index < -0.39 is 6.09 Å². The van der Waals surface area contributed by atoms with E-state index in [2.05, 4.69) is 46.4 Å². The van der Waals surface area contributed by atoms with E-state index in [9.17, 15) is 4.79 Å². The van der Waals surface area contributed by atoms with Crippen LogP contribution in [0.2, 0.25) is 0 Å². The molecular formula is C24H20N2O2. The molecular weight excluding hydrogens is 348 g/mol. The Kier molecular flexibility index (Phi) is 5.26. The number of carbonyl (C=O) groups is 1. The molecule has 4 nitrogen and oxygen atoms in total. The summed E-state index contributed by atoms with van der Waals surface area (Å²) in [5.74, 6) is 6.25. The topological polar surface area (TPSA) is 54.1 Å². The third-order valence-corrected chi connectivity index (χ3v) is 4.47. The van der Waals surface area contributed by atoms with Gasteiger partial charge in [-0.05, 0) is 23.8 Å². The van der Waals surface area contributed by atoms with Crippen molar-refractivity contribution in [2.75, 3.05) is 6.54 Å². The number of hydrogen-bond donors (Lipinski definition) is 2. The number of ether oxygens (including phenoxy) is 1. The molecule has 4 rings (SSSR count). The van der Waals surface area contributed by atoms with E-state index in [-0.39, 0.29) is 6.61 Å². The summed E-state index contributed by atoms with van der Waals surface area (Å²) in [6, 6.07) is 24.0. The van der Waals surface area contributed by atoms with Crippen LogP contribution in [0.3, 0.4) is 0 Å². The molecule has 0 radical (unpaired) electrons. The number of carbonyl (C=O) groups excluding carboxylic acids is 1. The largest absolute Gasteiger partial charge is 0.445 e. The molecule has 0 aliphatic carbocycles. The molecule has 28 heavy (non-hydrogen) atoms. The summed E-state index contributed by atoms with van der Waals surface area (Å²) in [6.45, 7) is 0.720. The van der Waals surface area contributed by atoms with Crippen molar-refractivity contribution in [3.8, 4) is 11.8 Å². The van der Waals surface area contributed by atoms with Crippen molar-refractivity contribution < 1.29 is 9.53 Å². The second-order valence-corrected chi connectivity index (χ2v) is 6.47. The molecule has 0 bridgehead atoms. The Morgan fingerprint density at radius 1 is 0.929 bits per heavy atom. The molecule has 0 saturated heterocycles. The normalized spacial score (nSPS) is 10.4. The van der Waals surface area contributed by atoms with Crippen LogP contribution >= 0.6 is 0 Å². The highest BCUT2D eigenvalue weighted by molar-refractivity contribution is 6.07. The van der Waals surface area contributed by atoms with E-state index in [1.165, 1.54) is 10.8 Å². The molecule has 0 aliphatic rings. The molecule has 0 unspecified atom stereocenters. The number of aromatic nitrogens is 1. The zero-order chi connectivity index (χ0) is 19.2. The van der Waals surface area contributed by atoms with Gasteiger partial charge in [-0.25, -0.2) is 4.79 Å². The second-order valence-electron chi connectivity index (χ2n) is 6.47. The van der Waals surface area contributed by atoms with Gasteiger partial charge in [-0.1, -0.05) is 66.4 Å². The lowest BCUT2D eigenvalue weighted by Crippen LogP contribution is -2.24. The van der Waals surface area contributed by atoms with Gasteiger partial charge in [0, 0.05) is 40.3 Å². The summed E-state index contributed by atoms with van der Waals surface area (Å²) in [5, 5.41) is 5.13. The Bertz CT molecular complexity index is 1170. The van der Waals surface area contributed by atoms with Crippen molar-refractivity contribution in [1.82, 2.24) is 10.3 Å². The Morgan fingerprint density at radius 2 is 1.71 bits per heavy atom. The van der Waals surface area contributed by atoms with Crippen molar-refractivity contribution >= 4 is 27.9 Å². The van der Waals surface area contributed by atoms with Crippen LogP contribution in [0.4, 0.5) is 4.79 Å². The predicted octanol–water partition coefficient (Wildman–Crippen LogP) is 4.99. The molecule has 0 spiro atoms. The molecule has 0 fully saturated rings. The average molecular weight is 368 g/mol. The molecule has 138 valence electrons. The molecule has 4 aromatic rings. The van der Waals surface area contributed by atoms with Crippen LogP contribution in [0.15, 0.2) is 72.8 Å². The molecule has 3 aromatic carbocycles. The Balaban J connectivity index is 1.28. The number of amides is 1. The van der Waals surface area contributed by atoms with Crippen molar-refractivity contribution in [2.45, 2.75) is 13.0 Å². The smallest absolute Gasteiger partial charge is 0.407 e. The maximum Gasteiger partial charge on any atom is 0.407 e. The van der Waals surface area contributed by atoms with E-state index in [1.54, 1.807) is 0 Å². The third-order valence-electron chi connectivity index (χ3n) is 4.47. The quantitative estimate of drug-likeness (QED) is 0.394. The lowest BCUT2D eigenvalue weighted by Gasteiger charge is -2.05. The summed E-state index contributed by atoms with van der Waals surface area (Å²) in [7, 11) is 0. The van der Waals surface area contributed by atoms with Gasteiger partial charge < -0.3 is 15.0 Å². The monoisotopic (exact) mass is 368 g/mol. The van der Waals surface area contributed by atoms with Crippen molar-refractivity contribution in [2.24, 2.45) is 0 Å². The van der Waals surface area contributed by atoms with E-state index in [0.29, 0.717) is 13.0 Å². The minimum absolute atomic E-state index is 0.267.